The molecule has 22 aromatic carbocycles. The fraction of sp³-hybridized carbons (Fsp3) is 0. The highest BCUT2D eigenvalue weighted by atomic mass is 16.3. The molecule has 13 heteroatoms. The Kier molecular flexibility index (Phi) is 18.5. The molecule has 0 aliphatic carbocycles. The number of nitrogens with zero attached hydrogens (tertiary/aromatic N) is 12. The van der Waals surface area contributed by atoms with Gasteiger partial charge in [-0.3, -0.25) is 28.2 Å². The van der Waals surface area contributed by atoms with E-state index in [2.05, 4.69) is 419 Å². The van der Waals surface area contributed by atoms with Crippen LogP contribution in [0.2, 0.25) is 0 Å². The summed E-state index contributed by atoms with van der Waals surface area (Å²) in [6, 6.07) is 159. The van der Waals surface area contributed by atoms with Gasteiger partial charge in [0.15, 0.2) is 16.9 Å². The van der Waals surface area contributed by atoms with Crippen molar-refractivity contribution in [3.05, 3.63) is 474 Å². The highest BCUT2D eigenvalue weighted by Crippen LogP contribution is 2.50. The molecule has 0 saturated heterocycles. The fourth-order valence-electron chi connectivity index (χ4n) is 22.9. The van der Waals surface area contributed by atoms with Gasteiger partial charge in [0.25, 0.3) is 0 Å². The Morgan fingerprint density at radius 3 is 1.07 bits per heavy atom. The van der Waals surface area contributed by atoms with Crippen LogP contribution >= 0.6 is 0 Å². The van der Waals surface area contributed by atoms with E-state index in [1.165, 1.54) is 131 Å². The van der Waals surface area contributed by atoms with Crippen LogP contribution in [0.25, 0.3) is 302 Å². The highest BCUT2D eigenvalue weighted by Gasteiger charge is 2.26. The summed E-state index contributed by atoms with van der Waals surface area (Å²) in [6.07, 6.45) is 8.88. The van der Waals surface area contributed by atoms with Crippen LogP contribution in [-0.2, 0) is 0 Å². The Balaban J connectivity index is 0.000000104. The first kappa shape index (κ1) is 82.0. The van der Waals surface area contributed by atoms with Gasteiger partial charge < -0.3 is 4.42 Å². The summed E-state index contributed by atoms with van der Waals surface area (Å²) in [5.41, 5.74) is 34.3. The number of rotatable bonds is 8. The first-order valence-corrected chi connectivity index (χ1v) is 49.2. The minimum absolute atomic E-state index is 0.630. The van der Waals surface area contributed by atoms with Gasteiger partial charge in [-0.15, -0.1) is 0 Å². The molecule has 32 aromatic rings. The number of aromatic nitrogens is 12. The van der Waals surface area contributed by atoms with Crippen molar-refractivity contribution in [2.24, 2.45) is 0 Å². The lowest BCUT2D eigenvalue weighted by molar-refractivity contribution is 0.620. The molecule has 0 unspecified atom stereocenters. The SMILES string of the molecule is c1ccc2cc(-c3c4ccccc4c(-c4ccc5ccccc5c4)c4cc(-c5ccc6c(c5)nc5c7ccccc7c7nccnc7n65)ccc34)ccc2c1.c1ccc2cc(-c3c4ccccc4c(-c4ccc5ccccc5c4)c4cc(-c5ccc6c(c5)nc5c7nccnc7c7ccccc7n65)ccc34)ccc2c1.c1ccc2oc(-c3ccc(-c4ccc5c(c4)c4ncccc4n4c6ccccc6nc54)cc3)nc2c1. The standard InChI is InChI=1S/2C51H30N4.C31H18N4O/c1-3-11-33-27-37(19-17-31(33)9-1)47-39-13-5-6-14-40(39)48(38-20-18-32-10-2-4-12-34(32)28-38)43-29-35(21-23-41(43)47)36-22-24-46-44(30-36)54-51-50-49(52-25-26-53-50)42-15-7-8-16-45(42)55(46)51;1-3-11-33-27-37(19-17-31(33)9-1)47-39-13-5-6-14-40(39)48(38-20-18-32-10-2-4-12-34(32)28-38)44-29-35(21-23-41(44)47)36-22-24-46-45(30-36)54-50-43-16-8-7-15-42(43)49-51(55(46)50)53-26-25-52-49;1-3-8-26-24(6-1)33-30-22-16-15-21(18-23(22)29-27(35(26)30)9-5-17-32-29)19-11-13-20(14-12-19)31-34-25-7-2-4-10-28(25)36-31/h2*1-30H;1-18H. The van der Waals surface area contributed by atoms with Gasteiger partial charge in [-0.25, -0.2) is 29.9 Å². The van der Waals surface area contributed by atoms with E-state index in [0.29, 0.717) is 5.89 Å². The van der Waals surface area contributed by atoms with Gasteiger partial charge in [-0.2, -0.15) is 0 Å². The first-order valence-electron chi connectivity index (χ1n) is 49.2. The van der Waals surface area contributed by atoms with E-state index in [1.54, 1.807) is 24.8 Å². The Morgan fingerprint density at radius 2 is 0.507 bits per heavy atom. The van der Waals surface area contributed by atoms with E-state index >= 15 is 0 Å². The smallest absolute Gasteiger partial charge is 0.227 e. The third kappa shape index (κ3) is 13.2. The maximum absolute atomic E-state index is 5.94. The number of fused-ring (bicyclic) bond motifs is 33. The van der Waals surface area contributed by atoms with Gasteiger partial charge in [-0.05, 0) is 291 Å². The predicted octanol–water partition coefficient (Wildman–Crippen LogP) is 34.1. The van der Waals surface area contributed by atoms with Gasteiger partial charge >= 0.3 is 0 Å². The van der Waals surface area contributed by atoms with Crippen LogP contribution in [-0.4, -0.2) is 58.1 Å². The molecule has 10 aromatic heterocycles. The Morgan fingerprint density at radius 1 is 0.158 bits per heavy atom. The normalized spacial score (nSPS) is 12.0. The van der Waals surface area contributed by atoms with Crippen LogP contribution in [0.3, 0.4) is 0 Å². The molecule has 146 heavy (non-hydrogen) atoms. The molecule has 13 nitrogen and oxygen atoms in total. The maximum atomic E-state index is 5.94. The Hall–Kier alpha value is -19.9. The van der Waals surface area contributed by atoms with Gasteiger partial charge in [0.1, 0.15) is 33.4 Å². The molecule has 0 radical (unpaired) electrons. The van der Waals surface area contributed by atoms with Crippen LogP contribution < -0.4 is 0 Å². The molecule has 0 N–H and O–H groups in total. The summed E-state index contributed by atoms with van der Waals surface area (Å²) in [5, 5.41) is 25.1. The van der Waals surface area contributed by atoms with Crippen LogP contribution in [0.5, 0.6) is 0 Å². The van der Waals surface area contributed by atoms with E-state index in [0.717, 1.165) is 166 Å². The molecule has 0 aliphatic heterocycles. The predicted molar refractivity (Wildman–Crippen MR) is 603 cm³/mol. The number of para-hydroxylation sites is 5. The molecule has 676 valence electrons. The summed E-state index contributed by atoms with van der Waals surface area (Å²) in [7, 11) is 0. The molecule has 0 atom stereocenters. The molecule has 0 bridgehead atoms. The lowest BCUT2D eigenvalue weighted by Gasteiger charge is -2.19. The second-order valence-electron chi connectivity index (χ2n) is 37.8. The number of pyridine rings is 4. The molecular formula is C133H78N12O. The van der Waals surface area contributed by atoms with Crippen molar-refractivity contribution in [2.75, 3.05) is 0 Å². The van der Waals surface area contributed by atoms with E-state index in [9.17, 15) is 0 Å². The van der Waals surface area contributed by atoms with Crippen molar-refractivity contribution in [2.45, 2.75) is 0 Å². The third-order valence-electron chi connectivity index (χ3n) is 29.7. The summed E-state index contributed by atoms with van der Waals surface area (Å²) in [6.45, 7) is 0. The zero-order valence-corrected chi connectivity index (χ0v) is 78.3. The lowest BCUT2D eigenvalue weighted by atomic mass is 9.84. The summed E-state index contributed by atoms with van der Waals surface area (Å²) >= 11 is 0. The minimum atomic E-state index is 0.630. The second-order valence-corrected chi connectivity index (χ2v) is 37.8. The number of hydrogen-bond donors (Lipinski definition) is 0. The summed E-state index contributed by atoms with van der Waals surface area (Å²) in [5.74, 6) is 0.630. The van der Waals surface area contributed by atoms with E-state index < -0.39 is 0 Å². The number of hydrogen-bond acceptors (Lipinski definition) is 10. The monoisotopic (exact) mass is 1860 g/mol. The Labute approximate surface area is 832 Å². The highest BCUT2D eigenvalue weighted by molar-refractivity contribution is 6.26. The van der Waals surface area contributed by atoms with Gasteiger partial charge in [0, 0.05) is 63.5 Å². The van der Waals surface area contributed by atoms with Crippen LogP contribution in [0, 0.1) is 0 Å². The largest absolute Gasteiger partial charge is 0.436 e. The van der Waals surface area contributed by atoms with Crippen LogP contribution in [0.15, 0.2) is 478 Å². The summed E-state index contributed by atoms with van der Waals surface area (Å²) < 4.78 is 12.5. The van der Waals surface area contributed by atoms with Crippen LogP contribution in [0.1, 0.15) is 0 Å². The van der Waals surface area contributed by atoms with Crippen molar-refractivity contribution < 1.29 is 4.42 Å². The number of benzene rings is 22. The van der Waals surface area contributed by atoms with Gasteiger partial charge in [0.2, 0.25) is 5.89 Å². The lowest BCUT2D eigenvalue weighted by Crippen LogP contribution is -1.95. The van der Waals surface area contributed by atoms with Gasteiger partial charge in [0.05, 0.1) is 49.7 Å². The second kappa shape index (κ2) is 32.9. The van der Waals surface area contributed by atoms with Crippen molar-refractivity contribution in [3.63, 3.8) is 0 Å². The zero-order chi connectivity index (χ0) is 95.7. The molecular weight excluding hydrogens is 1780 g/mol. The molecule has 0 saturated carbocycles. The fourth-order valence-corrected chi connectivity index (χ4v) is 22.9. The molecule has 0 amide bonds. The summed E-state index contributed by atoms with van der Waals surface area (Å²) in [4.78, 5) is 43.9. The zero-order valence-electron chi connectivity index (χ0n) is 78.3. The quantitative estimate of drug-likeness (QED) is 0.107. The van der Waals surface area contributed by atoms with Crippen LogP contribution in [0.4, 0.5) is 0 Å². The number of imidazole rings is 3. The van der Waals surface area contributed by atoms with E-state index in [4.69, 9.17) is 44.3 Å². The van der Waals surface area contributed by atoms with E-state index in [-0.39, 0.29) is 0 Å². The molecule has 0 aliphatic rings. The van der Waals surface area contributed by atoms with Crippen molar-refractivity contribution in [3.8, 4) is 89.3 Å². The third-order valence-corrected chi connectivity index (χ3v) is 29.7. The molecule has 32 rings (SSSR count). The minimum Gasteiger partial charge on any atom is -0.436 e. The van der Waals surface area contributed by atoms with Crippen molar-refractivity contribution in [1.29, 1.82) is 0 Å². The molecule has 0 spiro atoms. The molecule has 0 fully saturated rings. The average molecular weight is 1860 g/mol. The first-order chi connectivity index (χ1) is 72.4. The van der Waals surface area contributed by atoms with E-state index in [1.807, 2.05) is 48.7 Å². The molecule has 10 heterocycles. The maximum Gasteiger partial charge on any atom is 0.227 e. The topological polar surface area (TPSA) is 142 Å². The van der Waals surface area contributed by atoms with Crippen molar-refractivity contribution >= 4 is 213 Å². The Bertz CT molecular complexity index is 10700. The van der Waals surface area contributed by atoms with Crippen molar-refractivity contribution in [1.82, 2.24) is 58.1 Å². The van der Waals surface area contributed by atoms with Gasteiger partial charge in [-0.1, -0.05) is 315 Å². The number of oxazole rings is 1. The average Bonchev–Trinajstić information content (AvgIpc) is 1.14.